The highest BCUT2D eigenvalue weighted by molar-refractivity contribution is 14.1. The number of carbonyl (C=O) groups excluding carboxylic acids is 1. The fourth-order valence-electron chi connectivity index (χ4n) is 2.29. The third-order valence-corrected chi connectivity index (χ3v) is 5.35. The van der Waals surface area contributed by atoms with Gasteiger partial charge in [-0.05, 0) is 79.3 Å². The summed E-state index contributed by atoms with van der Waals surface area (Å²) in [4.78, 5) is 21.1. The lowest BCUT2D eigenvalue weighted by atomic mass is 10.1. The molecule has 2 rings (SSSR count). The van der Waals surface area contributed by atoms with Crippen LogP contribution in [0.5, 0.6) is 0 Å². The monoisotopic (exact) mass is 441 g/mol. The van der Waals surface area contributed by atoms with Crippen LogP contribution in [0.15, 0.2) is 23.4 Å². The minimum absolute atomic E-state index is 0.0115. The fraction of sp³-hybridized carbons (Fsp3) is 0.353. The first kappa shape index (κ1) is 18.2. The van der Waals surface area contributed by atoms with Crippen LogP contribution in [0.25, 0.3) is 0 Å². The number of carbonyl (C=O) groups is 1. The molecule has 0 unspecified atom stereocenters. The van der Waals surface area contributed by atoms with Gasteiger partial charge in [0, 0.05) is 27.1 Å². The summed E-state index contributed by atoms with van der Waals surface area (Å²) in [7, 11) is 0. The van der Waals surface area contributed by atoms with Crippen LogP contribution in [0, 0.1) is 24.3 Å². The number of amides is 1. The molecular formula is C17H20IN3OS. The third kappa shape index (κ3) is 4.91. The molecule has 4 nitrogen and oxygen atoms in total. The van der Waals surface area contributed by atoms with E-state index in [9.17, 15) is 4.79 Å². The smallest absolute Gasteiger partial charge is 0.224 e. The van der Waals surface area contributed by atoms with Crippen LogP contribution in [0.4, 0.5) is 5.69 Å². The highest BCUT2D eigenvalue weighted by Crippen LogP contribution is 2.19. The number of hydrogen-bond acceptors (Lipinski definition) is 4. The van der Waals surface area contributed by atoms with Crippen LogP contribution in [-0.4, -0.2) is 22.1 Å². The third-order valence-electron chi connectivity index (χ3n) is 3.64. The molecule has 0 aliphatic carbocycles. The number of aromatic nitrogens is 2. The van der Waals surface area contributed by atoms with Crippen molar-refractivity contribution in [2.75, 3.05) is 11.6 Å². The van der Waals surface area contributed by atoms with Crippen LogP contribution in [-0.2, 0) is 11.2 Å². The molecule has 122 valence electrons. The van der Waals surface area contributed by atoms with Gasteiger partial charge >= 0.3 is 0 Å². The average Bonchev–Trinajstić information content (AvgIpc) is 2.50. The van der Waals surface area contributed by atoms with Gasteiger partial charge in [0.05, 0.1) is 0 Å². The maximum atomic E-state index is 12.2. The summed E-state index contributed by atoms with van der Waals surface area (Å²) in [6.45, 7) is 6.01. The number of nitrogens with zero attached hydrogens (tertiary/aromatic N) is 2. The van der Waals surface area contributed by atoms with Crippen molar-refractivity contribution in [2.45, 2.75) is 38.8 Å². The second-order valence-electron chi connectivity index (χ2n) is 5.37. The minimum atomic E-state index is 0.0115. The molecule has 0 bridgehead atoms. The van der Waals surface area contributed by atoms with Gasteiger partial charge in [-0.15, -0.1) is 0 Å². The van der Waals surface area contributed by atoms with E-state index in [1.54, 1.807) is 0 Å². The summed E-state index contributed by atoms with van der Waals surface area (Å²) >= 11 is 3.81. The normalized spacial score (nSPS) is 10.7. The fourth-order valence-corrected chi connectivity index (χ4v) is 3.27. The molecule has 0 saturated carbocycles. The number of rotatable bonds is 5. The van der Waals surface area contributed by atoms with Crippen molar-refractivity contribution in [1.82, 2.24) is 9.97 Å². The van der Waals surface area contributed by atoms with Gasteiger partial charge in [-0.1, -0.05) is 17.8 Å². The van der Waals surface area contributed by atoms with E-state index in [4.69, 9.17) is 0 Å². The standard InChI is InChI=1S/C17H20IN3OS/c1-10-5-6-13(9-15(10)18)21-16(22)8-7-14-11(2)19-17(23-4)20-12(14)3/h5-6,9H,7-8H2,1-4H3,(H,21,22). The Morgan fingerprint density at radius 3 is 2.43 bits per heavy atom. The molecule has 0 aliphatic rings. The van der Waals surface area contributed by atoms with Crippen molar-refractivity contribution in [3.63, 3.8) is 0 Å². The number of nitrogens with one attached hydrogen (secondary N) is 1. The highest BCUT2D eigenvalue weighted by atomic mass is 127. The predicted octanol–water partition coefficient (Wildman–Crippen LogP) is 4.30. The Morgan fingerprint density at radius 1 is 1.22 bits per heavy atom. The van der Waals surface area contributed by atoms with E-state index >= 15 is 0 Å². The molecule has 23 heavy (non-hydrogen) atoms. The zero-order valence-corrected chi connectivity index (χ0v) is 16.7. The van der Waals surface area contributed by atoms with Gasteiger partial charge in [0.25, 0.3) is 0 Å². The molecule has 1 N–H and O–H groups in total. The Balaban J connectivity index is 2.00. The molecule has 1 amide bonds. The molecule has 2 aromatic rings. The first-order valence-electron chi connectivity index (χ1n) is 7.35. The van der Waals surface area contributed by atoms with Crippen LogP contribution in [0.1, 0.15) is 28.9 Å². The maximum absolute atomic E-state index is 12.2. The van der Waals surface area contributed by atoms with Crippen molar-refractivity contribution in [3.8, 4) is 0 Å². The van der Waals surface area contributed by atoms with Crippen molar-refractivity contribution < 1.29 is 4.79 Å². The zero-order valence-electron chi connectivity index (χ0n) is 13.7. The summed E-state index contributed by atoms with van der Waals surface area (Å²) in [5.74, 6) is 0.0115. The maximum Gasteiger partial charge on any atom is 0.224 e. The number of thioether (sulfide) groups is 1. The van der Waals surface area contributed by atoms with Crippen LogP contribution >= 0.6 is 34.4 Å². The largest absolute Gasteiger partial charge is 0.326 e. The van der Waals surface area contributed by atoms with E-state index < -0.39 is 0 Å². The first-order valence-corrected chi connectivity index (χ1v) is 9.65. The van der Waals surface area contributed by atoms with E-state index in [1.165, 1.54) is 17.3 Å². The lowest BCUT2D eigenvalue weighted by Crippen LogP contribution is -2.14. The molecule has 0 saturated heterocycles. The second kappa shape index (κ2) is 8.10. The van der Waals surface area contributed by atoms with Crippen LogP contribution in [0.2, 0.25) is 0 Å². The van der Waals surface area contributed by atoms with E-state index in [0.717, 1.165) is 31.4 Å². The molecule has 0 fully saturated rings. The van der Waals surface area contributed by atoms with Crippen molar-refractivity contribution in [3.05, 3.63) is 44.3 Å². The molecule has 1 heterocycles. The van der Waals surface area contributed by atoms with Crippen molar-refractivity contribution in [2.24, 2.45) is 0 Å². The Kier molecular flexibility index (Phi) is 6.41. The zero-order chi connectivity index (χ0) is 17.0. The first-order chi connectivity index (χ1) is 10.9. The quantitative estimate of drug-likeness (QED) is 0.427. The van der Waals surface area contributed by atoms with Gasteiger partial charge in [-0.25, -0.2) is 9.97 Å². The molecule has 1 aromatic heterocycles. The number of hydrogen-bond donors (Lipinski definition) is 1. The van der Waals surface area contributed by atoms with Crippen LogP contribution in [0.3, 0.4) is 0 Å². The average molecular weight is 441 g/mol. The molecule has 6 heteroatoms. The highest BCUT2D eigenvalue weighted by Gasteiger charge is 2.11. The Hall–Kier alpha value is -1.15. The van der Waals surface area contributed by atoms with E-state index in [1.807, 2.05) is 38.3 Å². The molecule has 0 atom stereocenters. The van der Waals surface area contributed by atoms with Gasteiger partial charge in [0.2, 0.25) is 5.91 Å². The Morgan fingerprint density at radius 2 is 1.87 bits per heavy atom. The molecule has 1 aromatic carbocycles. The number of halogens is 1. The number of anilines is 1. The van der Waals surface area contributed by atoms with E-state index in [2.05, 4.69) is 44.8 Å². The van der Waals surface area contributed by atoms with Crippen molar-refractivity contribution >= 4 is 45.9 Å². The summed E-state index contributed by atoms with van der Waals surface area (Å²) in [5.41, 5.74) is 5.03. The number of benzene rings is 1. The van der Waals surface area contributed by atoms with Gasteiger partial charge < -0.3 is 5.32 Å². The summed E-state index contributed by atoms with van der Waals surface area (Å²) in [6.07, 6.45) is 3.04. The van der Waals surface area contributed by atoms with Crippen molar-refractivity contribution in [1.29, 1.82) is 0 Å². The summed E-state index contributed by atoms with van der Waals surface area (Å²) in [6, 6.07) is 5.93. The Bertz CT molecular complexity index is 711. The molecular weight excluding hydrogens is 421 g/mol. The van der Waals surface area contributed by atoms with Gasteiger partial charge in [0.15, 0.2) is 5.16 Å². The predicted molar refractivity (Wildman–Crippen MR) is 104 cm³/mol. The summed E-state index contributed by atoms with van der Waals surface area (Å²) in [5, 5.41) is 3.73. The number of aryl methyl sites for hydroxylation is 3. The minimum Gasteiger partial charge on any atom is -0.326 e. The molecule has 0 spiro atoms. The molecule has 0 radical (unpaired) electrons. The van der Waals surface area contributed by atoms with Gasteiger partial charge in [-0.2, -0.15) is 0 Å². The second-order valence-corrected chi connectivity index (χ2v) is 7.31. The van der Waals surface area contributed by atoms with E-state index in [-0.39, 0.29) is 5.91 Å². The van der Waals surface area contributed by atoms with Gasteiger partial charge in [0.1, 0.15) is 0 Å². The lowest BCUT2D eigenvalue weighted by molar-refractivity contribution is -0.116. The summed E-state index contributed by atoms with van der Waals surface area (Å²) < 4.78 is 1.15. The van der Waals surface area contributed by atoms with Gasteiger partial charge in [-0.3, -0.25) is 4.79 Å². The van der Waals surface area contributed by atoms with E-state index in [0.29, 0.717) is 12.8 Å². The molecule has 0 aliphatic heterocycles. The Labute approximate surface area is 155 Å². The lowest BCUT2D eigenvalue weighted by Gasteiger charge is -2.10. The van der Waals surface area contributed by atoms with Crippen LogP contribution < -0.4 is 5.32 Å². The SMILES string of the molecule is CSc1nc(C)c(CCC(=O)Nc2ccc(C)c(I)c2)c(C)n1. The topological polar surface area (TPSA) is 54.9 Å².